The molecule has 4 nitrogen and oxygen atoms in total. The highest BCUT2D eigenvalue weighted by atomic mass is 16.3. The largest absolute Gasteiger partial charge is 0.390 e. The van der Waals surface area contributed by atoms with Crippen molar-refractivity contribution in [2.75, 3.05) is 26.7 Å². The van der Waals surface area contributed by atoms with Gasteiger partial charge in [-0.3, -0.25) is 4.79 Å². The van der Waals surface area contributed by atoms with Crippen LogP contribution in [-0.2, 0) is 4.79 Å². The molecule has 14 heavy (non-hydrogen) atoms. The second-order valence-corrected chi connectivity index (χ2v) is 4.26. The molecule has 1 aliphatic heterocycles. The van der Waals surface area contributed by atoms with Gasteiger partial charge >= 0.3 is 0 Å². The Bertz CT molecular complexity index is 204. The molecule has 1 saturated heterocycles. The predicted molar refractivity (Wildman–Crippen MR) is 55.0 cm³/mol. The topological polar surface area (TPSA) is 52.6 Å². The Morgan fingerprint density at radius 2 is 2.21 bits per heavy atom. The summed E-state index contributed by atoms with van der Waals surface area (Å²) in [7, 11) is 1.77. The Morgan fingerprint density at radius 3 is 2.86 bits per heavy atom. The maximum atomic E-state index is 11.5. The molecule has 1 aliphatic rings. The number of nitrogens with zero attached hydrogens (tertiary/aromatic N) is 1. The van der Waals surface area contributed by atoms with Gasteiger partial charge in [0.15, 0.2) is 0 Å². The molecule has 0 saturated carbocycles. The first-order valence-electron chi connectivity index (χ1n) is 5.20. The van der Waals surface area contributed by atoms with E-state index >= 15 is 0 Å². The molecule has 2 N–H and O–H groups in total. The summed E-state index contributed by atoms with van der Waals surface area (Å²) in [5.41, 5.74) is -0.589. The van der Waals surface area contributed by atoms with Crippen molar-refractivity contribution in [1.29, 1.82) is 0 Å². The second-order valence-electron chi connectivity index (χ2n) is 4.26. The maximum absolute atomic E-state index is 11.5. The van der Waals surface area contributed by atoms with Gasteiger partial charge in [0.1, 0.15) is 0 Å². The number of amides is 1. The molecule has 1 rings (SSSR count). The van der Waals surface area contributed by atoms with Crippen LogP contribution in [-0.4, -0.2) is 48.2 Å². The molecule has 0 aromatic carbocycles. The van der Waals surface area contributed by atoms with E-state index in [1.807, 2.05) is 11.8 Å². The SMILES string of the molecule is CNCC(=O)N1CCCC(C)(O)CC1. The molecular weight excluding hydrogens is 180 g/mol. The number of likely N-dealkylation sites (N-methyl/N-ethyl adjacent to an activating group) is 1. The standard InChI is InChI=1S/C10H20N2O2/c1-10(14)4-3-6-12(7-5-10)9(13)8-11-2/h11,14H,3-8H2,1-2H3. The predicted octanol–water partition coefficient (Wildman–Crippen LogP) is -0.0307. The summed E-state index contributed by atoms with van der Waals surface area (Å²) in [5, 5.41) is 12.7. The Hall–Kier alpha value is -0.610. The van der Waals surface area contributed by atoms with E-state index in [2.05, 4.69) is 5.32 Å². The molecule has 1 fully saturated rings. The molecule has 1 atom stereocenters. The lowest BCUT2D eigenvalue weighted by Crippen LogP contribution is -2.38. The Morgan fingerprint density at radius 1 is 1.50 bits per heavy atom. The summed E-state index contributed by atoms with van der Waals surface area (Å²) >= 11 is 0. The number of likely N-dealkylation sites (tertiary alicyclic amines) is 1. The lowest BCUT2D eigenvalue weighted by Gasteiger charge is -2.22. The molecule has 0 bridgehead atoms. The van der Waals surface area contributed by atoms with E-state index < -0.39 is 5.60 Å². The van der Waals surface area contributed by atoms with Crippen LogP contribution >= 0.6 is 0 Å². The average molecular weight is 200 g/mol. The molecular formula is C10H20N2O2. The lowest BCUT2D eigenvalue weighted by atomic mass is 9.98. The van der Waals surface area contributed by atoms with Gasteiger partial charge in [-0.2, -0.15) is 0 Å². The van der Waals surface area contributed by atoms with Crippen LogP contribution in [0.25, 0.3) is 0 Å². The lowest BCUT2D eigenvalue weighted by molar-refractivity contribution is -0.130. The zero-order valence-electron chi connectivity index (χ0n) is 9.05. The number of nitrogens with one attached hydrogen (secondary N) is 1. The number of hydrogen-bond donors (Lipinski definition) is 2. The second kappa shape index (κ2) is 4.75. The molecule has 82 valence electrons. The van der Waals surface area contributed by atoms with E-state index in [0.29, 0.717) is 19.5 Å². The minimum absolute atomic E-state index is 0.130. The Labute approximate surface area is 85.3 Å². The summed E-state index contributed by atoms with van der Waals surface area (Å²) in [6, 6.07) is 0. The highest BCUT2D eigenvalue weighted by molar-refractivity contribution is 5.78. The van der Waals surface area contributed by atoms with Gasteiger partial charge in [0, 0.05) is 13.1 Å². The van der Waals surface area contributed by atoms with Crippen molar-refractivity contribution in [2.24, 2.45) is 0 Å². The fourth-order valence-electron chi connectivity index (χ4n) is 1.78. The van der Waals surface area contributed by atoms with Gasteiger partial charge < -0.3 is 15.3 Å². The fraction of sp³-hybridized carbons (Fsp3) is 0.900. The molecule has 1 amide bonds. The van der Waals surface area contributed by atoms with Crippen molar-refractivity contribution >= 4 is 5.91 Å². The van der Waals surface area contributed by atoms with Gasteiger partial charge in [-0.15, -0.1) is 0 Å². The van der Waals surface area contributed by atoms with Gasteiger partial charge in [-0.1, -0.05) is 0 Å². The van der Waals surface area contributed by atoms with E-state index in [1.54, 1.807) is 7.05 Å². The Balaban J connectivity index is 2.45. The van der Waals surface area contributed by atoms with Crippen LogP contribution < -0.4 is 5.32 Å². The third-order valence-electron chi connectivity index (χ3n) is 2.74. The molecule has 4 heteroatoms. The molecule has 1 unspecified atom stereocenters. The smallest absolute Gasteiger partial charge is 0.236 e. The molecule has 0 aliphatic carbocycles. The molecule has 0 radical (unpaired) electrons. The van der Waals surface area contributed by atoms with Crippen molar-refractivity contribution in [2.45, 2.75) is 31.8 Å². The third kappa shape index (κ3) is 3.27. The first kappa shape index (κ1) is 11.5. The fourth-order valence-corrected chi connectivity index (χ4v) is 1.78. The number of aliphatic hydroxyl groups is 1. The van der Waals surface area contributed by atoms with Crippen LogP contribution in [0.4, 0.5) is 0 Å². The quantitative estimate of drug-likeness (QED) is 0.658. The van der Waals surface area contributed by atoms with E-state index in [9.17, 15) is 9.90 Å². The molecule has 0 aromatic heterocycles. The van der Waals surface area contributed by atoms with Crippen LogP contribution in [0.15, 0.2) is 0 Å². The summed E-state index contributed by atoms with van der Waals surface area (Å²) < 4.78 is 0. The van der Waals surface area contributed by atoms with Crippen LogP contribution in [0.3, 0.4) is 0 Å². The van der Waals surface area contributed by atoms with Crippen molar-refractivity contribution in [3.8, 4) is 0 Å². The zero-order chi connectivity index (χ0) is 10.6. The first-order chi connectivity index (χ1) is 6.55. The average Bonchev–Trinajstić information content (AvgIpc) is 2.27. The van der Waals surface area contributed by atoms with E-state index in [0.717, 1.165) is 19.4 Å². The van der Waals surface area contributed by atoms with Crippen LogP contribution in [0.2, 0.25) is 0 Å². The number of carbonyl (C=O) groups is 1. The van der Waals surface area contributed by atoms with Gasteiger partial charge in [-0.05, 0) is 33.2 Å². The van der Waals surface area contributed by atoms with Crippen molar-refractivity contribution in [3.05, 3.63) is 0 Å². The monoisotopic (exact) mass is 200 g/mol. The van der Waals surface area contributed by atoms with Crippen molar-refractivity contribution in [3.63, 3.8) is 0 Å². The number of rotatable bonds is 2. The molecule has 0 spiro atoms. The third-order valence-corrected chi connectivity index (χ3v) is 2.74. The van der Waals surface area contributed by atoms with E-state index in [4.69, 9.17) is 0 Å². The van der Waals surface area contributed by atoms with Gasteiger partial charge in [0.05, 0.1) is 12.1 Å². The molecule has 1 heterocycles. The summed E-state index contributed by atoms with van der Waals surface area (Å²) in [6.07, 6.45) is 2.36. The maximum Gasteiger partial charge on any atom is 0.236 e. The normalized spacial score (nSPS) is 28.6. The first-order valence-corrected chi connectivity index (χ1v) is 5.20. The minimum atomic E-state index is -0.589. The minimum Gasteiger partial charge on any atom is -0.390 e. The molecule has 0 aromatic rings. The highest BCUT2D eigenvalue weighted by Gasteiger charge is 2.26. The van der Waals surface area contributed by atoms with Crippen molar-refractivity contribution < 1.29 is 9.90 Å². The van der Waals surface area contributed by atoms with Crippen LogP contribution in [0.5, 0.6) is 0 Å². The Kier molecular flexibility index (Phi) is 3.89. The zero-order valence-corrected chi connectivity index (χ0v) is 9.05. The van der Waals surface area contributed by atoms with Crippen molar-refractivity contribution in [1.82, 2.24) is 10.2 Å². The summed E-state index contributed by atoms with van der Waals surface area (Å²) in [6.45, 7) is 3.69. The van der Waals surface area contributed by atoms with Crippen LogP contribution in [0.1, 0.15) is 26.2 Å². The van der Waals surface area contributed by atoms with E-state index in [1.165, 1.54) is 0 Å². The number of carbonyl (C=O) groups excluding carboxylic acids is 1. The van der Waals surface area contributed by atoms with Gasteiger partial charge in [0.2, 0.25) is 5.91 Å². The van der Waals surface area contributed by atoms with Gasteiger partial charge in [0.25, 0.3) is 0 Å². The summed E-state index contributed by atoms with van der Waals surface area (Å²) in [5.74, 6) is 0.130. The summed E-state index contributed by atoms with van der Waals surface area (Å²) in [4.78, 5) is 13.4. The van der Waals surface area contributed by atoms with Crippen LogP contribution in [0, 0.1) is 0 Å². The highest BCUT2D eigenvalue weighted by Crippen LogP contribution is 2.21. The van der Waals surface area contributed by atoms with E-state index in [-0.39, 0.29) is 5.91 Å². The number of hydrogen-bond acceptors (Lipinski definition) is 3. The van der Waals surface area contributed by atoms with Gasteiger partial charge in [-0.25, -0.2) is 0 Å².